The van der Waals surface area contributed by atoms with Crippen molar-refractivity contribution >= 4 is 35.1 Å². The summed E-state index contributed by atoms with van der Waals surface area (Å²) >= 11 is 0. The van der Waals surface area contributed by atoms with E-state index in [4.69, 9.17) is 4.74 Å². The van der Waals surface area contributed by atoms with Crippen LogP contribution in [-0.2, 0) is 9.59 Å². The number of carbonyl (C=O) groups is 2. The van der Waals surface area contributed by atoms with Crippen LogP contribution < -0.4 is 15.5 Å². The first-order chi connectivity index (χ1) is 16.7. The Balaban J connectivity index is 1.59. The molecule has 0 spiro atoms. The Hall–Kier alpha value is -5.20. The highest BCUT2D eigenvalue weighted by atomic mass is 19.1. The molecule has 0 aliphatic rings. The van der Waals surface area contributed by atoms with Crippen LogP contribution in [0.25, 0.3) is 0 Å². The Morgan fingerprint density at radius 1 is 0.971 bits per heavy atom. The van der Waals surface area contributed by atoms with Crippen molar-refractivity contribution < 1.29 is 28.6 Å². The summed E-state index contributed by atoms with van der Waals surface area (Å²) in [5.41, 5.74) is 1.93. The number of carbonyl (C=O) groups excluding carboxylic acids is 2. The summed E-state index contributed by atoms with van der Waals surface area (Å²) in [6.45, 7) is 0. The number of nitrogens with zero attached hydrogens (tertiary/aromatic N) is 3. The second kappa shape index (κ2) is 11.1. The van der Waals surface area contributed by atoms with Gasteiger partial charge in [-0.2, -0.15) is 5.10 Å². The Morgan fingerprint density at radius 2 is 1.71 bits per heavy atom. The molecule has 0 atom stereocenters. The van der Waals surface area contributed by atoms with Gasteiger partial charge in [-0.25, -0.2) is 9.82 Å². The number of nitro groups is 2. The fourth-order valence-corrected chi connectivity index (χ4v) is 2.74. The van der Waals surface area contributed by atoms with Crippen molar-refractivity contribution in [3.8, 4) is 11.5 Å². The fourth-order valence-electron chi connectivity index (χ4n) is 2.74. The number of rotatable bonds is 9. The van der Waals surface area contributed by atoms with Gasteiger partial charge in [-0.05, 0) is 48.0 Å². The molecular weight excluding hydrogens is 465 g/mol. The number of benzene rings is 3. The normalized spacial score (nSPS) is 10.5. The molecular formula is C22H16FN5O7. The first kappa shape index (κ1) is 24.4. The standard InChI is InChI=1S/C22H16FN5O7/c23-15-4-6-16(7-5-15)25-21(29)12-22(30)26-24-13-14-2-1-3-18(10-14)35-20-9-8-17(27(31)32)11-19(20)28(33)34/h1-11,13H,12H2,(H,25,29)(H,26,30). The largest absolute Gasteiger partial charge is 0.450 e. The van der Waals surface area contributed by atoms with Gasteiger partial charge in [-0.15, -0.1) is 0 Å². The van der Waals surface area contributed by atoms with Crippen LogP contribution in [0, 0.1) is 26.0 Å². The van der Waals surface area contributed by atoms with E-state index in [-0.39, 0.29) is 11.5 Å². The van der Waals surface area contributed by atoms with Crippen molar-refractivity contribution in [1.29, 1.82) is 0 Å². The molecule has 0 bridgehead atoms. The third-order valence-electron chi connectivity index (χ3n) is 4.29. The molecule has 2 amide bonds. The minimum atomic E-state index is -0.796. The molecule has 12 nitrogen and oxygen atoms in total. The van der Waals surface area contributed by atoms with E-state index in [0.717, 1.165) is 30.3 Å². The number of nitro benzene ring substituents is 2. The van der Waals surface area contributed by atoms with Gasteiger partial charge in [0.25, 0.3) is 5.69 Å². The average Bonchev–Trinajstić information content (AvgIpc) is 2.80. The Labute approximate surface area is 196 Å². The molecule has 0 aliphatic carbocycles. The lowest BCUT2D eigenvalue weighted by Crippen LogP contribution is -2.24. The number of nitrogens with one attached hydrogen (secondary N) is 2. The van der Waals surface area contributed by atoms with Gasteiger partial charge in [0.05, 0.1) is 22.1 Å². The summed E-state index contributed by atoms with van der Waals surface area (Å²) in [6.07, 6.45) is 0.731. The van der Waals surface area contributed by atoms with Crippen molar-refractivity contribution in [3.63, 3.8) is 0 Å². The van der Waals surface area contributed by atoms with Crippen molar-refractivity contribution in [2.45, 2.75) is 6.42 Å². The minimum Gasteiger partial charge on any atom is -0.450 e. The van der Waals surface area contributed by atoms with Crippen LogP contribution in [0.3, 0.4) is 0 Å². The first-order valence-electron chi connectivity index (χ1n) is 9.79. The van der Waals surface area contributed by atoms with Crippen molar-refractivity contribution in [3.05, 3.63) is 98.3 Å². The number of hydrogen-bond acceptors (Lipinski definition) is 8. The smallest absolute Gasteiger partial charge is 0.318 e. The Bertz CT molecular complexity index is 1310. The van der Waals surface area contributed by atoms with Gasteiger partial charge in [0.2, 0.25) is 17.6 Å². The highest BCUT2D eigenvalue weighted by Crippen LogP contribution is 2.34. The Kier molecular flexibility index (Phi) is 7.74. The zero-order chi connectivity index (χ0) is 25.4. The maximum absolute atomic E-state index is 12.9. The maximum atomic E-state index is 12.9. The Morgan fingerprint density at radius 3 is 2.40 bits per heavy atom. The molecule has 3 aromatic rings. The molecule has 3 aromatic carbocycles. The molecule has 178 valence electrons. The van der Waals surface area contributed by atoms with Gasteiger partial charge in [-0.3, -0.25) is 29.8 Å². The molecule has 0 aliphatic heterocycles. The molecule has 0 saturated carbocycles. The number of anilines is 1. The molecule has 3 rings (SSSR count). The molecule has 0 heterocycles. The van der Waals surface area contributed by atoms with Gasteiger partial charge < -0.3 is 10.1 Å². The van der Waals surface area contributed by atoms with E-state index in [2.05, 4.69) is 15.8 Å². The van der Waals surface area contributed by atoms with Crippen molar-refractivity contribution in [2.75, 3.05) is 5.32 Å². The highest BCUT2D eigenvalue weighted by Gasteiger charge is 2.21. The molecule has 0 fully saturated rings. The van der Waals surface area contributed by atoms with E-state index in [1.54, 1.807) is 12.1 Å². The van der Waals surface area contributed by atoms with Crippen LogP contribution >= 0.6 is 0 Å². The van der Waals surface area contributed by atoms with Crippen molar-refractivity contribution in [2.24, 2.45) is 5.10 Å². The molecule has 13 heteroatoms. The maximum Gasteiger partial charge on any atom is 0.318 e. The summed E-state index contributed by atoms with van der Waals surface area (Å²) in [5.74, 6) is -1.80. The van der Waals surface area contributed by atoms with Gasteiger partial charge in [-0.1, -0.05) is 12.1 Å². The van der Waals surface area contributed by atoms with Crippen LogP contribution in [0.5, 0.6) is 11.5 Å². The van der Waals surface area contributed by atoms with Crippen LogP contribution in [0.15, 0.2) is 71.8 Å². The summed E-state index contributed by atoms with van der Waals surface area (Å²) in [6, 6.07) is 14.2. The van der Waals surface area contributed by atoms with Crippen LogP contribution in [0.2, 0.25) is 0 Å². The second-order valence-corrected chi connectivity index (χ2v) is 6.87. The van der Waals surface area contributed by atoms with Crippen molar-refractivity contribution in [1.82, 2.24) is 5.43 Å². The van der Waals surface area contributed by atoms with E-state index in [9.17, 15) is 34.2 Å². The first-order valence-corrected chi connectivity index (χ1v) is 9.79. The summed E-state index contributed by atoms with van der Waals surface area (Å²) < 4.78 is 18.4. The summed E-state index contributed by atoms with van der Waals surface area (Å²) in [7, 11) is 0. The third kappa shape index (κ3) is 7.15. The zero-order valence-corrected chi connectivity index (χ0v) is 17.7. The molecule has 2 N–H and O–H groups in total. The summed E-state index contributed by atoms with van der Waals surface area (Å²) in [4.78, 5) is 44.3. The van der Waals surface area contributed by atoms with Crippen LogP contribution in [0.4, 0.5) is 21.5 Å². The lowest BCUT2D eigenvalue weighted by Gasteiger charge is -2.07. The minimum absolute atomic E-state index is 0.177. The van der Waals surface area contributed by atoms with Gasteiger partial charge in [0.15, 0.2) is 0 Å². The van der Waals surface area contributed by atoms with Gasteiger partial charge in [0, 0.05) is 11.8 Å². The van der Waals surface area contributed by atoms with Gasteiger partial charge >= 0.3 is 5.69 Å². The quantitative estimate of drug-likeness (QED) is 0.202. The lowest BCUT2D eigenvalue weighted by molar-refractivity contribution is -0.394. The molecule has 0 unspecified atom stereocenters. The topological polar surface area (TPSA) is 166 Å². The second-order valence-electron chi connectivity index (χ2n) is 6.87. The predicted octanol–water partition coefficient (Wildman–Crippen LogP) is 3.91. The number of hydrazone groups is 1. The zero-order valence-electron chi connectivity index (χ0n) is 17.7. The van der Waals surface area contributed by atoms with Crippen LogP contribution in [-0.4, -0.2) is 27.9 Å². The summed E-state index contributed by atoms with van der Waals surface area (Å²) in [5, 5.41) is 28.3. The number of amides is 2. The monoisotopic (exact) mass is 481 g/mol. The lowest BCUT2D eigenvalue weighted by atomic mass is 10.2. The molecule has 35 heavy (non-hydrogen) atoms. The number of ether oxygens (including phenoxy) is 1. The highest BCUT2D eigenvalue weighted by molar-refractivity contribution is 6.03. The predicted molar refractivity (Wildman–Crippen MR) is 122 cm³/mol. The van der Waals surface area contributed by atoms with E-state index < -0.39 is 45.3 Å². The SMILES string of the molecule is O=C(CC(=O)Nc1ccc(F)cc1)NN=Cc1cccc(Oc2ccc([N+](=O)[O-])cc2[N+](=O)[O-])c1. The number of non-ortho nitro benzene ring substituents is 1. The van der Waals surface area contributed by atoms with Crippen LogP contribution in [0.1, 0.15) is 12.0 Å². The van der Waals surface area contributed by atoms with E-state index in [0.29, 0.717) is 11.3 Å². The number of hydrogen-bond donors (Lipinski definition) is 2. The van der Waals surface area contributed by atoms with E-state index >= 15 is 0 Å². The fraction of sp³-hybridized carbons (Fsp3) is 0.0455. The average molecular weight is 481 g/mol. The number of halogens is 1. The van der Waals surface area contributed by atoms with E-state index in [1.807, 2.05) is 0 Å². The van der Waals surface area contributed by atoms with Gasteiger partial charge in [0.1, 0.15) is 18.0 Å². The third-order valence-corrected chi connectivity index (χ3v) is 4.29. The molecule has 0 aromatic heterocycles. The molecule has 0 saturated heterocycles. The van der Waals surface area contributed by atoms with E-state index in [1.165, 1.54) is 30.5 Å². The molecule has 0 radical (unpaired) electrons.